The van der Waals surface area contributed by atoms with Crippen molar-refractivity contribution in [2.24, 2.45) is 4.99 Å². The van der Waals surface area contributed by atoms with E-state index in [2.05, 4.69) is 15.6 Å². The van der Waals surface area contributed by atoms with E-state index in [-0.39, 0.29) is 0 Å². The molecular weight excluding hydrogens is 333 g/mol. The summed E-state index contributed by atoms with van der Waals surface area (Å²) in [5.74, 6) is 1.04. The molecule has 0 aliphatic heterocycles. The molecule has 1 aromatic heterocycles. The Labute approximate surface area is 144 Å². The molecule has 0 bridgehead atoms. The van der Waals surface area contributed by atoms with E-state index < -0.39 is 11.7 Å². The second-order valence-corrected chi connectivity index (χ2v) is 5.22. The van der Waals surface area contributed by atoms with E-state index in [1.165, 1.54) is 12.1 Å². The van der Waals surface area contributed by atoms with E-state index in [1.54, 1.807) is 7.05 Å². The molecule has 2 rings (SSSR count). The van der Waals surface area contributed by atoms with Crippen LogP contribution in [0.2, 0.25) is 0 Å². The van der Waals surface area contributed by atoms with Gasteiger partial charge in [-0.15, -0.1) is 0 Å². The van der Waals surface area contributed by atoms with Crippen LogP contribution in [0.5, 0.6) is 5.75 Å². The maximum Gasteiger partial charge on any atom is 0.416 e. The van der Waals surface area contributed by atoms with E-state index >= 15 is 0 Å². The fraction of sp³-hybridized carbons (Fsp3) is 0.353. The molecule has 0 spiro atoms. The summed E-state index contributed by atoms with van der Waals surface area (Å²) in [6, 6.07) is 8.56. The molecule has 0 amide bonds. The van der Waals surface area contributed by atoms with Crippen LogP contribution in [-0.2, 0) is 12.7 Å². The Hall–Kier alpha value is -2.64. The monoisotopic (exact) mass is 354 g/mol. The molecule has 0 aliphatic rings. The Kier molecular flexibility index (Phi) is 6.73. The fourth-order valence-corrected chi connectivity index (χ4v) is 2.12. The van der Waals surface area contributed by atoms with Crippen LogP contribution in [-0.4, -0.2) is 37.3 Å². The molecule has 25 heavy (non-hydrogen) atoms. The zero-order chi connectivity index (χ0) is 18.1. The number of benzene rings is 1. The third kappa shape index (κ3) is 6.40. The lowest BCUT2D eigenvalue weighted by Gasteiger charge is -2.13. The van der Waals surface area contributed by atoms with Crippen LogP contribution in [0.25, 0.3) is 0 Å². The van der Waals surface area contributed by atoms with Gasteiger partial charge in [-0.05, 0) is 36.4 Å². The lowest BCUT2D eigenvalue weighted by molar-refractivity contribution is -0.137. The second-order valence-electron chi connectivity index (χ2n) is 5.22. The molecular formula is C17H21F3N4O. The summed E-state index contributed by atoms with van der Waals surface area (Å²) >= 11 is 0. The number of halogens is 3. The maximum absolute atomic E-state index is 12.5. The minimum atomic E-state index is -4.33. The molecule has 0 aliphatic carbocycles. The number of nitrogens with zero attached hydrogens (tertiary/aromatic N) is 2. The molecule has 2 N–H and O–H groups in total. The number of aromatic nitrogens is 1. The van der Waals surface area contributed by atoms with E-state index in [4.69, 9.17) is 4.74 Å². The first-order valence-corrected chi connectivity index (χ1v) is 7.84. The number of hydrogen-bond acceptors (Lipinski definition) is 2. The first kappa shape index (κ1) is 18.7. The fourth-order valence-electron chi connectivity index (χ4n) is 2.12. The average Bonchev–Trinajstić information content (AvgIpc) is 3.10. The smallest absolute Gasteiger partial charge is 0.416 e. The summed E-state index contributed by atoms with van der Waals surface area (Å²) in [6.07, 6.45) is -0.371. The molecule has 0 unspecified atom stereocenters. The van der Waals surface area contributed by atoms with Crippen LogP contribution in [0, 0.1) is 0 Å². The highest BCUT2D eigenvalue weighted by Crippen LogP contribution is 2.30. The second kappa shape index (κ2) is 9.00. The number of rotatable bonds is 7. The van der Waals surface area contributed by atoms with Crippen LogP contribution in [0.15, 0.2) is 53.8 Å². The molecule has 0 saturated carbocycles. The van der Waals surface area contributed by atoms with E-state index in [0.29, 0.717) is 31.4 Å². The minimum absolute atomic E-state index is 0.309. The normalized spacial score (nSPS) is 12.1. The van der Waals surface area contributed by atoms with Gasteiger partial charge in [0.25, 0.3) is 0 Å². The van der Waals surface area contributed by atoms with Gasteiger partial charge >= 0.3 is 6.18 Å². The third-order valence-electron chi connectivity index (χ3n) is 3.40. The van der Waals surface area contributed by atoms with Crippen LogP contribution >= 0.6 is 0 Å². The first-order valence-electron chi connectivity index (χ1n) is 7.84. The van der Waals surface area contributed by atoms with Crippen molar-refractivity contribution in [3.8, 4) is 5.75 Å². The van der Waals surface area contributed by atoms with Gasteiger partial charge in [0, 0.05) is 32.5 Å². The highest BCUT2D eigenvalue weighted by atomic mass is 19.4. The zero-order valence-electron chi connectivity index (χ0n) is 13.9. The van der Waals surface area contributed by atoms with Crippen LogP contribution < -0.4 is 15.4 Å². The largest absolute Gasteiger partial charge is 0.492 e. The number of guanidine groups is 1. The molecule has 1 heterocycles. The summed E-state index contributed by atoms with van der Waals surface area (Å²) in [7, 11) is 1.67. The molecule has 0 atom stereocenters. The molecule has 0 saturated heterocycles. The number of hydrogen-bond donors (Lipinski definition) is 2. The van der Waals surface area contributed by atoms with Gasteiger partial charge in [0.2, 0.25) is 0 Å². The van der Waals surface area contributed by atoms with Crippen molar-refractivity contribution in [2.75, 3.05) is 26.7 Å². The van der Waals surface area contributed by atoms with E-state index in [1.807, 2.05) is 29.1 Å². The number of nitrogens with one attached hydrogen (secondary N) is 2. The van der Waals surface area contributed by atoms with Gasteiger partial charge in [0.15, 0.2) is 5.96 Å². The van der Waals surface area contributed by atoms with Gasteiger partial charge in [0.1, 0.15) is 12.4 Å². The van der Waals surface area contributed by atoms with Gasteiger partial charge in [-0.25, -0.2) is 0 Å². The molecule has 5 nitrogen and oxygen atoms in total. The Morgan fingerprint density at radius 2 is 1.72 bits per heavy atom. The Balaban J connectivity index is 1.65. The highest BCUT2D eigenvalue weighted by Gasteiger charge is 2.29. The van der Waals surface area contributed by atoms with Gasteiger partial charge in [-0.2, -0.15) is 13.2 Å². The number of aliphatic imine (C=N–C) groups is 1. The molecule has 0 radical (unpaired) electrons. The number of alkyl halides is 3. The van der Waals surface area contributed by atoms with Crippen molar-refractivity contribution in [1.82, 2.24) is 15.2 Å². The topological polar surface area (TPSA) is 50.6 Å². The van der Waals surface area contributed by atoms with Gasteiger partial charge in [-0.3, -0.25) is 4.99 Å². The molecule has 1 aromatic carbocycles. The van der Waals surface area contributed by atoms with Crippen molar-refractivity contribution in [3.63, 3.8) is 0 Å². The standard InChI is InChI=1S/C17H21F3N4O/c1-21-16(22-8-12-24-10-2-3-11-24)23-9-13-25-15-6-4-14(5-7-15)17(18,19)20/h2-7,10-11H,8-9,12-13H2,1H3,(H2,21,22,23). The van der Waals surface area contributed by atoms with Crippen molar-refractivity contribution in [3.05, 3.63) is 54.4 Å². The molecule has 136 valence electrons. The summed E-state index contributed by atoms with van der Waals surface area (Å²) in [6.45, 7) is 2.32. The Morgan fingerprint density at radius 1 is 1.08 bits per heavy atom. The van der Waals surface area contributed by atoms with Crippen LogP contribution in [0.1, 0.15) is 5.56 Å². The Morgan fingerprint density at radius 3 is 2.32 bits per heavy atom. The van der Waals surface area contributed by atoms with Gasteiger partial charge in [0.05, 0.1) is 12.1 Å². The lowest BCUT2D eigenvalue weighted by atomic mass is 10.2. The minimum Gasteiger partial charge on any atom is -0.492 e. The van der Waals surface area contributed by atoms with Gasteiger partial charge < -0.3 is 19.9 Å². The predicted octanol–water partition coefficient (Wildman–Crippen LogP) is 2.75. The quantitative estimate of drug-likeness (QED) is 0.457. The van der Waals surface area contributed by atoms with Crippen molar-refractivity contribution < 1.29 is 17.9 Å². The van der Waals surface area contributed by atoms with Gasteiger partial charge in [-0.1, -0.05) is 0 Å². The number of ether oxygens (including phenoxy) is 1. The van der Waals surface area contributed by atoms with Crippen LogP contribution in [0.4, 0.5) is 13.2 Å². The van der Waals surface area contributed by atoms with E-state index in [0.717, 1.165) is 18.7 Å². The Bertz CT molecular complexity index is 652. The van der Waals surface area contributed by atoms with Crippen LogP contribution in [0.3, 0.4) is 0 Å². The predicted molar refractivity (Wildman–Crippen MR) is 90.7 cm³/mol. The maximum atomic E-state index is 12.5. The summed E-state index contributed by atoms with van der Waals surface area (Å²) in [4.78, 5) is 4.09. The SMILES string of the molecule is CN=C(NCCOc1ccc(C(F)(F)F)cc1)NCCn1cccc1. The van der Waals surface area contributed by atoms with Crippen molar-refractivity contribution >= 4 is 5.96 Å². The first-order chi connectivity index (χ1) is 12.0. The highest BCUT2D eigenvalue weighted by molar-refractivity contribution is 5.79. The molecule has 2 aromatic rings. The molecule has 8 heteroatoms. The van der Waals surface area contributed by atoms with Crippen molar-refractivity contribution in [1.29, 1.82) is 0 Å². The summed E-state index contributed by atoms with van der Waals surface area (Å²) < 4.78 is 44.9. The van der Waals surface area contributed by atoms with E-state index in [9.17, 15) is 13.2 Å². The summed E-state index contributed by atoms with van der Waals surface area (Å²) in [5, 5.41) is 6.25. The average molecular weight is 354 g/mol. The zero-order valence-corrected chi connectivity index (χ0v) is 13.9. The summed E-state index contributed by atoms with van der Waals surface area (Å²) in [5.41, 5.74) is -0.690. The van der Waals surface area contributed by atoms with Crippen molar-refractivity contribution in [2.45, 2.75) is 12.7 Å². The molecule has 0 fully saturated rings. The third-order valence-corrected chi connectivity index (χ3v) is 3.40. The lowest BCUT2D eigenvalue weighted by Crippen LogP contribution is -2.40.